The van der Waals surface area contributed by atoms with Crippen LogP contribution in [0.5, 0.6) is 0 Å². The predicted molar refractivity (Wildman–Crippen MR) is 72.4 cm³/mol. The summed E-state index contributed by atoms with van der Waals surface area (Å²) in [4.78, 5) is 2.26. The van der Waals surface area contributed by atoms with Crippen LogP contribution in [0.3, 0.4) is 0 Å². The van der Waals surface area contributed by atoms with Crippen molar-refractivity contribution in [2.45, 2.75) is 38.7 Å². The molecule has 0 aromatic heterocycles. The van der Waals surface area contributed by atoms with Crippen molar-refractivity contribution in [1.29, 1.82) is 0 Å². The van der Waals surface area contributed by atoms with Gasteiger partial charge in [0.1, 0.15) is 0 Å². The minimum atomic E-state index is -0.100. The number of aryl methyl sites for hydroxylation is 1. The molecule has 2 atom stereocenters. The highest BCUT2D eigenvalue weighted by atomic mass is 16.3. The molecule has 0 heterocycles. The van der Waals surface area contributed by atoms with E-state index in [0.29, 0.717) is 5.92 Å². The van der Waals surface area contributed by atoms with Crippen LogP contribution in [0.4, 0.5) is 5.69 Å². The van der Waals surface area contributed by atoms with E-state index in [-0.39, 0.29) is 6.10 Å². The van der Waals surface area contributed by atoms with Crippen LogP contribution < -0.4 is 4.90 Å². The summed E-state index contributed by atoms with van der Waals surface area (Å²) in [6, 6.07) is 8.60. The Balaban J connectivity index is 1.95. The van der Waals surface area contributed by atoms with E-state index in [0.717, 1.165) is 19.4 Å². The first kappa shape index (κ1) is 12.4. The van der Waals surface area contributed by atoms with E-state index in [1.807, 2.05) is 0 Å². The van der Waals surface area contributed by atoms with Gasteiger partial charge in [0.25, 0.3) is 0 Å². The molecule has 0 amide bonds. The fraction of sp³-hybridized carbons (Fsp3) is 0.600. The average molecular weight is 233 g/mol. The van der Waals surface area contributed by atoms with Gasteiger partial charge in [-0.15, -0.1) is 0 Å². The van der Waals surface area contributed by atoms with Gasteiger partial charge in [-0.25, -0.2) is 0 Å². The van der Waals surface area contributed by atoms with E-state index < -0.39 is 0 Å². The quantitative estimate of drug-likeness (QED) is 0.867. The predicted octanol–water partition coefficient (Wildman–Crippen LogP) is 2.98. The lowest BCUT2D eigenvalue weighted by Crippen LogP contribution is -2.35. The van der Waals surface area contributed by atoms with E-state index in [1.54, 1.807) is 0 Å². The van der Waals surface area contributed by atoms with Crippen molar-refractivity contribution in [2.24, 2.45) is 5.92 Å². The van der Waals surface area contributed by atoms with Gasteiger partial charge in [-0.05, 0) is 31.9 Å². The zero-order chi connectivity index (χ0) is 12.3. The molecule has 0 saturated heterocycles. The van der Waals surface area contributed by atoms with Crippen molar-refractivity contribution in [1.82, 2.24) is 0 Å². The van der Waals surface area contributed by atoms with Gasteiger partial charge in [0, 0.05) is 25.2 Å². The lowest BCUT2D eigenvalue weighted by molar-refractivity contribution is 0.0736. The Kier molecular flexibility index (Phi) is 4.06. The summed E-state index contributed by atoms with van der Waals surface area (Å²) in [5.41, 5.74) is 2.54. The van der Waals surface area contributed by atoms with Gasteiger partial charge in [0.2, 0.25) is 0 Å². The third-order valence-electron chi connectivity index (χ3n) is 3.85. The number of aliphatic hydroxyl groups is 1. The van der Waals surface area contributed by atoms with Crippen LogP contribution in [0.1, 0.15) is 31.2 Å². The second kappa shape index (κ2) is 5.54. The maximum atomic E-state index is 9.98. The minimum Gasteiger partial charge on any atom is -0.393 e. The van der Waals surface area contributed by atoms with Crippen LogP contribution in [-0.4, -0.2) is 24.8 Å². The lowest BCUT2D eigenvalue weighted by atomic mass is 9.86. The minimum absolute atomic E-state index is 0.100. The second-order valence-corrected chi connectivity index (χ2v) is 5.33. The van der Waals surface area contributed by atoms with Crippen molar-refractivity contribution < 1.29 is 5.11 Å². The van der Waals surface area contributed by atoms with Gasteiger partial charge in [-0.1, -0.05) is 30.5 Å². The van der Waals surface area contributed by atoms with Crippen LogP contribution in [0.2, 0.25) is 0 Å². The molecule has 0 bridgehead atoms. The first-order chi connectivity index (χ1) is 8.16. The fourth-order valence-electron chi connectivity index (χ4n) is 2.66. The number of benzene rings is 1. The van der Waals surface area contributed by atoms with Crippen LogP contribution in [0, 0.1) is 12.8 Å². The van der Waals surface area contributed by atoms with Gasteiger partial charge >= 0.3 is 0 Å². The standard InChI is InChI=1S/C15H23NO/c1-12-7-9-14(10-8-12)16(2)11-13-5-3-4-6-15(13)17/h7-10,13,15,17H,3-6,11H2,1-2H3. The summed E-state index contributed by atoms with van der Waals surface area (Å²) in [6.45, 7) is 3.07. The monoisotopic (exact) mass is 233 g/mol. The van der Waals surface area contributed by atoms with Crippen LogP contribution in [0.25, 0.3) is 0 Å². The molecule has 1 aromatic carbocycles. The van der Waals surface area contributed by atoms with Gasteiger partial charge in [0.15, 0.2) is 0 Å². The summed E-state index contributed by atoms with van der Waals surface area (Å²) < 4.78 is 0. The maximum Gasteiger partial charge on any atom is 0.0585 e. The van der Waals surface area contributed by atoms with Gasteiger partial charge in [-0.3, -0.25) is 0 Å². The molecule has 0 radical (unpaired) electrons. The summed E-state index contributed by atoms with van der Waals surface area (Å²) >= 11 is 0. The van der Waals surface area contributed by atoms with Crippen LogP contribution in [0.15, 0.2) is 24.3 Å². The Labute approximate surface area is 104 Å². The van der Waals surface area contributed by atoms with Crippen LogP contribution in [-0.2, 0) is 0 Å². The van der Waals surface area contributed by atoms with Gasteiger partial charge in [-0.2, -0.15) is 0 Å². The topological polar surface area (TPSA) is 23.5 Å². The van der Waals surface area contributed by atoms with Gasteiger partial charge in [0.05, 0.1) is 6.10 Å². The summed E-state index contributed by atoms with van der Waals surface area (Å²) in [5.74, 6) is 0.440. The number of nitrogens with zero attached hydrogens (tertiary/aromatic N) is 1. The number of aliphatic hydroxyl groups excluding tert-OH is 1. The fourth-order valence-corrected chi connectivity index (χ4v) is 2.66. The molecule has 17 heavy (non-hydrogen) atoms. The molecule has 0 spiro atoms. The van der Waals surface area contributed by atoms with E-state index in [9.17, 15) is 5.11 Å². The Morgan fingerprint density at radius 2 is 1.82 bits per heavy atom. The molecule has 2 heteroatoms. The molecule has 1 fully saturated rings. The van der Waals surface area contributed by atoms with Crippen molar-refractivity contribution >= 4 is 5.69 Å². The number of hydrogen-bond donors (Lipinski definition) is 1. The maximum absolute atomic E-state index is 9.98. The normalized spacial score (nSPS) is 24.6. The Morgan fingerprint density at radius 1 is 1.18 bits per heavy atom. The van der Waals surface area contributed by atoms with E-state index in [1.165, 1.54) is 24.1 Å². The third kappa shape index (κ3) is 3.22. The zero-order valence-corrected chi connectivity index (χ0v) is 10.9. The Morgan fingerprint density at radius 3 is 2.47 bits per heavy atom. The summed E-state index contributed by atoms with van der Waals surface area (Å²) in [6.07, 6.45) is 4.50. The molecular formula is C15H23NO. The Hall–Kier alpha value is -1.02. The highest BCUT2D eigenvalue weighted by Crippen LogP contribution is 2.26. The molecule has 1 aliphatic rings. The van der Waals surface area contributed by atoms with Crippen molar-refractivity contribution in [3.05, 3.63) is 29.8 Å². The number of rotatable bonds is 3. The lowest BCUT2D eigenvalue weighted by Gasteiger charge is -2.32. The summed E-state index contributed by atoms with van der Waals surface area (Å²) in [5, 5.41) is 9.98. The molecule has 0 aliphatic heterocycles. The molecule has 94 valence electrons. The van der Waals surface area contributed by atoms with Crippen LogP contribution >= 0.6 is 0 Å². The van der Waals surface area contributed by atoms with Crippen molar-refractivity contribution in [3.8, 4) is 0 Å². The molecule has 2 nitrogen and oxygen atoms in total. The van der Waals surface area contributed by atoms with Crippen molar-refractivity contribution in [2.75, 3.05) is 18.5 Å². The average Bonchev–Trinajstić information content (AvgIpc) is 2.33. The van der Waals surface area contributed by atoms with Crippen molar-refractivity contribution in [3.63, 3.8) is 0 Å². The van der Waals surface area contributed by atoms with E-state index in [2.05, 4.69) is 43.1 Å². The van der Waals surface area contributed by atoms with E-state index >= 15 is 0 Å². The smallest absolute Gasteiger partial charge is 0.0585 e. The number of anilines is 1. The Bertz CT molecular complexity index is 346. The molecule has 2 unspecified atom stereocenters. The molecular weight excluding hydrogens is 210 g/mol. The molecule has 1 N–H and O–H groups in total. The van der Waals surface area contributed by atoms with E-state index in [4.69, 9.17) is 0 Å². The first-order valence-electron chi connectivity index (χ1n) is 6.62. The molecule has 2 rings (SSSR count). The SMILES string of the molecule is Cc1ccc(N(C)CC2CCCCC2O)cc1. The molecule has 1 aromatic rings. The first-order valence-corrected chi connectivity index (χ1v) is 6.62. The van der Waals surface area contributed by atoms with Gasteiger partial charge < -0.3 is 10.0 Å². The number of hydrogen-bond acceptors (Lipinski definition) is 2. The largest absolute Gasteiger partial charge is 0.393 e. The third-order valence-corrected chi connectivity index (χ3v) is 3.85. The summed E-state index contributed by atoms with van der Waals surface area (Å²) in [7, 11) is 2.12. The molecule has 1 aliphatic carbocycles. The molecule has 1 saturated carbocycles. The highest BCUT2D eigenvalue weighted by molar-refractivity contribution is 5.46. The highest BCUT2D eigenvalue weighted by Gasteiger charge is 2.24. The zero-order valence-electron chi connectivity index (χ0n) is 10.9. The second-order valence-electron chi connectivity index (χ2n) is 5.33.